The zero-order chi connectivity index (χ0) is 22.4. The van der Waals surface area contributed by atoms with Gasteiger partial charge in [0.25, 0.3) is 0 Å². The number of hydrogen-bond acceptors (Lipinski definition) is 5. The van der Waals surface area contributed by atoms with Crippen molar-refractivity contribution >= 4 is 5.97 Å². The summed E-state index contributed by atoms with van der Waals surface area (Å²) in [6, 6.07) is 3.41. The third kappa shape index (κ3) is 2.15. The number of carbonyl (C=O) groups excluding carboxylic acids is 1. The number of esters is 1. The van der Waals surface area contributed by atoms with Gasteiger partial charge in [-0.3, -0.25) is 0 Å². The first-order valence-corrected chi connectivity index (χ1v) is 8.42. The molecule has 0 saturated heterocycles. The molecule has 0 bridgehead atoms. The summed E-state index contributed by atoms with van der Waals surface area (Å²) in [5.74, 6) is -17.0. The van der Waals surface area contributed by atoms with Gasteiger partial charge in [0.2, 0.25) is 11.4 Å². The number of ether oxygens (including phenoxy) is 2. The number of halogens is 6. The normalized spacial score (nSPS) is 18.3. The van der Waals surface area contributed by atoms with E-state index in [0.29, 0.717) is 6.07 Å². The van der Waals surface area contributed by atoms with Gasteiger partial charge in [-0.25, -0.2) is 26.7 Å². The van der Waals surface area contributed by atoms with Crippen molar-refractivity contribution in [3.8, 4) is 23.0 Å². The molecule has 0 radical (unpaired) electrons. The maximum atomic E-state index is 15.0. The molecule has 1 atom stereocenters. The summed E-state index contributed by atoms with van der Waals surface area (Å²) in [6.45, 7) is 0. The molecule has 5 rings (SSSR count). The van der Waals surface area contributed by atoms with Gasteiger partial charge in [0.1, 0.15) is 22.8 Å². The van der Waals surface area contributed by atoms with E-state index in [1.54, 1.807) is 0 Å². The van der Waals surface area contributed by atoms with Crippen molar-refractivity contribution in [3.63, 3.8) is 0 Å². The van der Waals surface area contributed by atoms with Gasteiger partial charge in [-0.15, -0.1) is 0 Å². The van der Waals surface area contributed by atoms with Crippen molar-refractivity contribution < 1.29 is 50.8 Å². The Morgan fingerprint density at radius 3 is 2.10 bits per heavy atom. The molecule has 0 amide bonds. The monoisotopic (exact) mass is 440 g/mol. The van der Waals surface area contributed by atoms with Crippen LogP contribution in [0.15, 0.2) is 24.3 Å². The molecule has 0 saturated carbocycles. The van der Waals surface area contributed by atoms with Crippen LogP contribution in [0.1, 0.15) is 27.0 Å². The van der Waals surface area contributed by atoms with Gasteiger partial charge in [0.15, 0.2) is 34.8 Å². The van der Waals surface area contributed by atoms with E-state index in [2.05, 4.69) is 0 Å². The molecule has 0 aliphatic carbocycles. The highest BCUT2D eigenvalue weighted by Gasteiger charge is 2.59. The summed E-state index contributed by atoms with van der Waals surface area (Å²) in [5, 5.41) is 19.4. The molecule has 31 heavy (non-hydrogen) atoms. The number of hydrogen-bond donors (Lipinski definition) is 2. The Morgan fingerprint density at radius 1 is 0.742 bits per heavy atom. The molecular weight excluding hydrogens is 434 g/mol. The minimum Gasteiger partial charge on any atom is -0.508 e. The molecule has 2 aliphatic heterocycles. The average Bonchev–Trinajstić information content (AvgIpc) is 3.01. The second kappa shape index (κ2) is 5.84. The number of fused-ring (bicyclic) bond motifs is 6. The van der Waals surface area contributed by atoms with Crippen LogP contribution >= 0.6 is 0 Å². The summed E-state index contributed by atoms with van der Waals surface area (Å²) in [5.41, 5.74) is -6.96. The Morgan fingerprint density at radius 2 is 1.39 bits per heavy atom. The third-order valence-electron chi connectivity index (χ3n) is 5.14. The first kappa shape index (κ1) is 19.1. The molecule has 11 heteroatoms. The van der Waals surface area contributed by atoms with Gasteiger partial charge in [-0.05, 0) is 12.1 Å². The van der Waals surface area contributed by atoms with Gasteiger partial charge in [-0.1, -0.05) is 0 Å². The third-order valence-corrected chi connectivity index (χ3v) is 5.14. The quantitative estimate of drug-likeness (QED) is 0.233. The van der Waals surface area contributed by atoms with E-state index in [1.165, 1.54) is 0 Å². The molecule has 2 N–H and O–H groups in total. The second-order valence-electron chi connectivity index (χ2n) is 6.76. The van der Waals surface area contributed by atoms with Crippen LogP contribution in [0.2, 0.25) is 0 Å². The first-order chi connectivity index (χ1) is 14.6. The van der Waals surface area contributed by atoms with Gasteiger partial charge < -0.3 is 19.7 Å². The van der Waals surface area contributed by atoms with Gasteiger partial charge in [-0.2, -0.15) is 4.39 Å². The van der Waals surface area contributed by atoms with Crippen molar-refractivity contribution in [1.29, 1.82) is 0 Å². The van der Waals surface area contributed by atoms with Gasteiger partial charge in [0.05, 0.1) is 11.1 Å². The lowest BCUT2D eigenvalue weighted by Gasteiger charge is -2.36. The van der Waals surface area contributed by atoms with Gasteiger partial charge >= 0.3 is 5.97 Å². The number of phenols is 2. The van der Waals surface area contributed by atoms with Crippen LogP contribution in [0.4, 0.5) is 26.3 Å². The van der Waals surface area contributed by atoms with Crippen LogP contribution < -0.4 is 4.74 Å². The molecule has 5 nitrogen and oxygen atoms in total. The van der Waals surface area contributed by atoms with Crippen molar-refractivity contribution in [1.82, 2.24) is 0 Å². The lowest BCUT2D eigenvalue weighted by atomic mass is 9.76. The highest BCUT2D eigenvalue weighted by Crippen LogP contribution is 2.59. The van der Waals surface area contributed by atoms with Crippen LogP contribution in [0.3, 0.4) is 0 Å². The van der Waals surface area contributed by atoms with E-state index in [1.807, 2.05) is 0 Å². The number of rotatable bonds is 0. The SMILES string of the molecule is O=C1OC2(c3ccc(O)cc3Oc3cc(O)c(F)c(F)c32)c2c(F)c(F)c(F)c(F)c21. The van der Waals surface area contributed by atoms with E-state index in [9.17, 15) is 37.0 Å². The number of carbonyl (C=O) groups is 1. The lowest BCUT2D eigenvalue weighted by Crippen LogP contribution is -2.35. The van der Waals surface area contributed by atoms with E-state index >= 15 is 4.39 Å². The standard InChI is InChI=1S/C20H6F6O5/c21-13-7(28)4-9-11(15(13)23)20(6-2-1-5(27)3-8(6)30-9)12-10(19(29)31-20)14(22)17(25)18(26)16(12)24/h1-4,27-28H. The molecule has 158 valence electrons. The summed E-state index contributed by atoms with van der Waals surface area (Å²) in [7, 11) is 0. The molecule has 3 aromatic rings. The molecule has 3 aromatic carbocycles. The maximum absolute atomic E-state index is 15.0. The van der Waals surface area contributed by atoms with Crippen LogP contribution in [0.5, 0.6) is 23.0 Å². The fraction of sp³-hybridized carbons (Fsp3) is 0.0500. The van der Waals surface area contributed by atoms with E-state index in [0.717, 1.165) is 18.2 Å². The average molecular weight is 440 g/mol. The summed E-state index contributed by atoms with van der Waals surface area (Å²) < 4.78 is 97.0. The molecule has 2 heterocycles. The van der Waals surface area contributed by atoms with Crippen LogP contribution in [-0.2, 0) is 10.3 Å². The summed E-state index contributed by atoms with van der Waals surface area (Å²) in [4.78, 5) is 12.5. The highest BCUT2D eigenvalue weighted by molar-refractivity contribution is 5.97. The Kier molecular flexibility index (Phi) is 3.60. The van der Waals surface area contributed by atoms with Crippen molar-refractivity contribution in [2.75, 3.05) is 0 Å². The van der Waals surface area contributed by atoms with Crippen LogP contribution in [0, 0.1) is 34.9 Å². The number of phenolic OH excluding ortho intramolecular Hbond substituents is 2. The second-order valence-corrected chi connectivity index (χ2v) is 6.76. The molecular formula is C20H6F6O5. The van der Waals surface area contributed by atoms with Crippen molar-refractivity contribution in [3.05, 3.63) is 81.4 Å². The van der Waals surface area contributed by atoms with Gasteiger partial charge in [0, 0.05) is 17.7 Å². The number of aromatic hydroxyl groups is 2. The molecule has 1 spiro atoms. The predicted molar refractivity (Wildman–Crippen MR) is 87.8 cm³/mol. The lowest BCUT2D eigenvalue weighted by molar-refractivity contribution is 0.0200. The van der Waals surface area contributed by atoms with E-state index in [4.69, 9.17) is 9.47 Å². The van der Waals surface area contributed by atoms with Crippen LogP contribution in [0.25, 0.3) is 0 Å². The Balaban J connectivity index is 2.03. The zero-order valence-corrected chi connectivity index (χ0v) is 14.7. The summed E-state index contributed by atoms with van der Waals surface area (Å²) in [6.07, 6.45) is 0. The predicted octanol–water partition coefficient (Wildman–Crippen LogP) is 4.50. The van der Waals surface area contributed by atoms with E-state index < -0.39 is 91.7 Å². The minimum absolute atomic E-state index is 0.400. The first-order valence-electron chi connectivity index (χ1n) is 8.42. The highest BCUT2D eigenvalue weighted by atomic mass is 19.2. The largest absolute Gasteiger partial charge is 0.508 e. The number of benzene rings is 3. The molecule has 0 aromatic heterocycles. The fourth-order valence-electron chi connectivity index (χ4n) is 3.90. The molecule has 1 unspecified atom stereocenters. The summed E-state index contributed by atoms with van der Waals surface area (Å²) >= 11 is 0. The zero-order valence-electron chi connectivity index (χ0n) is 14.7. The maximum Gasteiger partial charge on any atom is 0.343 e. The minimum atomic E-state index is -2.86. The Hall–Kier alpha value is -3.89. The Labute approximate surface area is 167 Å². The molecule has 2 aliphatic rings. The Bertz CT molecular complexity index is 1360. The van der Waals surface area contributed by atoms with Crippen molar-refractivity contribution in [2.24, 2.45) is 0 Å². The van der Waals surface area contributed by atoms with Crippen molar-refractivity contribution in [2.45, 2.75) is 5.60 Å². The fourth-order valence-corrected chi connectivity index (χ4v) is 3.90. The van der Waals surface area contributed by atoms with Crippen LogP contribution in [-0.4, -0.2) is 16.2 Å². The molecule has 0 fully saturated rings. The smallest absolute Gasteiger partial charge is 0.343 e. The topological polar surface area (TPSA) is 76.0 Å². The van der Waals surface area contributed by atoms with E-state index in [-0.39, 0.29) is 0 Å².